The number of aliphatic hydroxyl groups excluding tert-OH is 1. The molecular formula is C25H21FN4O. The van der Waals surface area contributed by atoms with Crippen LogP contribution < -0.4 is 0 Å². The van der Waals surface area contributed by atoms with Crippen molar-refractivity contribution in [2.24, 2.45) is 0 Å². The number of rotatable bonds is 4. The number of pyridine rings is 1. The second kappa shape index (κ2) is 7.49. The highest BCUT2D eigenvalue weighted by Gasteiger charge is 2.17. The molecule has 31 heavy (non-hydrogen) atoms. The van der Waals surface area contributed by atoms with E-state index in [0.29, 0.717) is 17.1 Å². The molecule has 0 radical (unpaired) electrons. The number of hydrogen-bond acceptors (Lipinski definition) is 3. The summed E-state index contributed by atoms with van der Waals surface area (Å²) in [5, 5.41) is 9.28. The lowest BCUT2D eigenvalue weighted by atomic mass is 9.96. The number of halogens is 1. The topological polar surface area (TPSA) is 66.2 Å². The second-order valence-electron chi connectivity index (χ2n) is 7.63. The number of fused-ring (bicyclic) bond motifs is 1. The Morgan fingerprint density at radius 2 is 1.81 bits per heavy atom. The van der Waals surface area contributed by atoms with Gasteiger partial charge < -0.3 is 14.5 Å². The fraction of sp³-hybridized carbons (Fsp3) is 0.120. The van der Waals surface area contributed by atoms with Crippen molar-refractivity contribution in [3.63, 3.8) is 0 Å². The minimum atomic E-state index is -0.242. The predicted octanol–water partition coefficient (Wildman–Crippen LogP) is 5.31. The van der Waals surface area contributed by atoms with Crippen molar-refractivity contribution in [3.8, 4) is 33.8 Å². The fourth-order valence-electron chi connectivity index (χ4n) is 3.92. The highest BCUT2D eigenvalue weighted by Crippen LogP contribution is 2.35. The van der Waals surface area contributed by atoms with Gasteiger partial charge in [0, 0.05) is 28.6 Å². The summed E-state index contributed by atoms with van der Waals surface area (Å²) in [6, 6.07) is 17.0. The number of aliphatic hydroxyl groups is 1. The molecule has 2 aromatic carbocycles. The summed E-state index contributed by atoms with van der Waals surface area (Å²) in [5.74, 6) is 0.435. The van der Waals surface area contributed by atoms with E-state index in [9.17, 15) is 9.50 Å². The van der Waals surface area contributed by atoms with Gasteiger partial charge in [0.2, 0.25) is 0 Å². The van der Waals surface area contributed by atoms with Gasteiger partial charge in [0.05, 0.1) is 24.2 Å². The Morgan fingerprint density at radius 1 is 1.00 bits per heavy atom. The van der Waals surface area contributed by atoms with Crippen molar-refractivity contribution in [1.82, 2.24) is 19.4 Å². The number of aromatic nitrogens is 4. The van der Waals surface area contributed by atoms with Crippen molar-refractivity contribution in [2.75, 3.05) is 0 Å². The van der Waals surface area contributed by atoms with Crippen LogP contribution in [0.2, 0.25) is 0 Å². The normalized spacial score (nSPS) is 11.4. The molecule has 2 N–H and O–H groups in total. The van der Waals surface area contributed by atoms with Gasteiger partial charge >= 0.3 is 0 Å². The van der Waals surface area contributed by atoms with Crippen LogP contribution >= 0.6 is 0 Å². The number of hydrogen-bond donors (Lipinski definition) is 2. The fourth-order valence-corrected chi connectivity index (χ4v) is 3.92. The Morgan fingerprint density at radius 3 is 2.55 bits per heavy atom. The number of aromatic amines is 1. The number of nitrogens with zero attached hydrogens (tertiary/aromatic N) is 3. The minimum Gasteiger partial charge on any atom is -0.390 e. The Bertz CT molecular complexity index is 1420. The molecule has 3 aromatic heterocycles. The number of benzene rings is 2. The molecule has 6 heteroatoms. The predicted molar refractivity (Wildman–Crippen MR) is 119 cm³/mol. The highest BCUT2D eigenvalue weighted by atomic mass is 19.1. The first kappa shape index (κ1) is 19.2. The zero-order valence-electron chi connectivity index (χ0n) is 17.2. The molecule has 0 bridgehead atoms. The molecule has 0 spiro atoms. The Hall–Kier alpha value is -3.77. The van der Waals surface area contributed by atoms with Gasteiger partial charge in [0.1, 0.15) is 17.3 Å². The molecule has 0 atom stereocenters. The third-order valence-corrected chi connectivity index (χ3v) is 5.53. The number of nitrogens with one attached hydrogen (secondary N) is 1. The lowest BCUT2D eigenvalue weighted by Crippen LogP contribution is -1.92. The molecule has 5 nitrogen and oxygen atoms in total. The standard InChI is InChI=1S/C25H21FN4O/c1-15-7-8-20(22(26)11-15)19-5-3-4-6-21(19)24-16(2)30-10-9-17(12-23(30)29-24)25-27-13-18(14-31)28-25/h3-13,31H,14H2,1-2H3,(H,27,28). The summed E-state index contributed by atoms with van der Waals surface area (Å²) in [7, 11) is 0. The zero-order chi connectivity index (χ0) is 21.5. The molecule has 0 unspecified atom stereocenters. The van der Waals surface area contributed by atoms with Crippen molar-refractivity contribution in [2.45, 2.75) is 20.5 Å². The van der Waals surface area contributed by atoms with Gasteiger partial charge in [-0.25, -0.2) is 14.4 Å². The van der Waals surface area contributed by atoms with E-state index in [4.69, 9.17) is 4.98 Å². The molecule has 0 amide bonds. The molecule has 154 valence electrons. The van der Waals surface area contributed by atoms with E-state index < -0.39 is 0 Å². The highest BCUT2D eigenvalue weighted by molar-refractivity contribution is 5.84. The summed E-state index contributed by atoms with van der Waals surface area (Å²) >= 11 is 0. The van der Waals surface area contributed by atoms with Gasteiger partial charge in [0.25, 0.3) is 0 Å². The van der Waals surface area contributed by atoms with Crippen molar-refractivity contribution >= 4 is 5.65 Å². The molecule has 0 saturated heterocycles. The first-order chi connectivity index (χ1) is 15.0. The maximum Gasteiger partial charge on any atom is 0.138 e. The number of H-pyrrole nitrogens is 1. The van der Waals surface area contributed by atoms with E-state index in [1.54, 1.807) is 12.3 Å². The van der Waals surface area contributed by atoms with Gasteiger partial charge in [-0.3, -0.25) is 0 Å². The largest absolute Gasteiger partial charge is 0.390 e. The van der Waals surface area contributed by atoms with Gasteiger partial charge in [-0.15, -0.1) is 0 Å². The zero-order valence-corrected chi connectivity index (χ0v) is 17.2. The minimum absolute atomic E-state index is 0.0891. The van der Waals surface area contributed by atoms with Crippen LogP contribution in [0.25, 0.3) is 39.4 Å². The van der Waals surface area contributed by atoms with Crippen LogP contribution in [0.5, 0.6) is 0 Å². The summed E-state index contributed by atoms with van der Waals surface area (Å²) in [4.78, 5) is 12.3. The average Bonchev–Trinajstić information content (AvgIpc) is 3.38. The van der Waals surface area contributed by atoms with E-state index in [1.165, 1.54) is 0 Å². The lowest BCUT2D eigenvalue weighted by Gasteiger charge is -2.10. The third-order valence-electron chi connectivity index (χ3n) is 5.53. The molecule has 3 heterocycles. The van der Waals surface area contributed by atoms with Gasteiger partial charge in [-0.05, 0) is 43.2 Å². The van der Waals surface area contributed by atoms with Crippen LogP contribution in [-0.2, 0) is 6.61 Å². The monoisotopic (exact) mass is 412 g/mol. The van der Waals surface area contributed by atoms with Gasteiger partial charge in [-0.1, -0.05) is 36.4 Å². The van der Waals surface area contributed by atoms with Crippen LogP contribution in [0.3, 0.4) is 0 Å². The van der Waals surface area contributed by atoms with Gasteiger partial charge in [0.15, 0.2) is 0 Å². The summed E-state index contributed by atoms with van der Waals surface area (Å²) in [6.45, 7) is 3.80. The molecule has 0 aliphatic heterocycles. The van der Waals surface area contributed by atoms with E-state index in [2.05, 4.69) is 9.97 Å². The van der Waals surface area contributed by atoms with E-state index >= 15 is 0 Å². The van der Waals surface area contributed by atoms with Crippen molar-refractivity contribution in [3.05, 3.63) is 89.8 Å². The average molecular weight is 412 g/mol. The summed E-state index contributed by atoms with van der Waals surface area (Å²) in [5.41, 5.74) is 7.22. The smallest absolute Gasteiger partial charge is 0.138 e. The first-order valence-electron chi connectivity index (χ1n) is 10.0. The summed E-state index contributed by atoms with van der Waals surface area (Å²) in [6.07, 6.45) is 3.57. The van der Waals surface area contributed by atoms with Crippen molar-refractivity contribution < 1.29 is 9.50 Å². The SMILES string of the molecule is Cc1ccc(-c2ccccc2-c2nc3cc(-c4ncc(CO)[nH]4)ccn3c2C)c(F)c1. The molecule has 0 saturated carbocycles. The first-order valence-corrected chi connectivity index (χ1v) is 10.0. The Kier molecular flexibility index (Phi) is 4.64. The van der Waals surface area contributed by atoms with E-state index in [-0.39, 0.29) is 12.4 Å². The van der Waals surface area contributed by atoms with Gasteiger partial charge in [-0.2, -0.15) is 0 Å². The quantitative estimate of drug-likeness (QED) is 0.421. The Labute approximate surface area is 178 Å². The summed E-state index contributed by atoms with van der Waals surface area (Å²) < 4.78 is 16.8. The number of imidazole rings is 2. The van der Waals surface area contributed by atoms with Crippen molar-refractivity contribution in [1.29, 1.82) is 0 Å². The number of aryl methyl sites for hydroxylation is 2. The van der Waals surface area contributed by atoms with E-state index in [0.717, 1.165) is 39.3 Å². The maximum atomic E-state index is 14.8. The molecular weight excluding hydrogens is 391 g/mol. The third kappa shape index (κ3) is 3.31. The molecule has 0 aliphatic carbocycles. The Balaban J connectivity index is 1.65. The molecule has 0 aliphatic rings. The van der Waals surface area contributed by atoms with Crippen LogP contribution in [0.1, 0.15) is 17.0 Å². The maximum absolute atomic E-state index is 14.8. The van der Waals surface area contributed by atoms with Crippen LogP contribution in [0.15, 0.2) is 67.0 Å². The van der Waals surface area contributed by atoms with Crippen LogP contribution in [-0.4, -0.2) is 24.5 Å². The molecule has 0 fully saturated rings. The van der Waals surface area contributed by atoms with Crippen LogP contribution in [0.4, 0.5) is 4.39 Å². The molecule has 5 rings (SSSR count). The molecule has 5 aromatic rings. The van der Waals surface area contributed by atoms with Crippen LogP contribution in [0, 0.1) is 19.7 Å². The second-order valence-corrected chi connectivity index (χ2v) is 7.63. The van der Waals surface area contributed by atoms with E-state index in [1.807, 2.05) is 73.0 Å². The lowest BCUT2D eigenvalue weighted by molar-refractivity contribution is 0.277.